The van der Waals surface area contributed by atoms with Crippen LogP contribution in [0.4, 0.5) is 0 Å². The molecule has 0 aromatic rings. The highest BCUT2D eigenvalue weighted by molar-refractivity contribution is 5.34. The molecule has 0 aliphatic heterocycles. The van der Waals surface area contributed by atoms with Crippen LogP contribution < -0.4 is 12.4 Å². The molecule has 138 valence electrons. The van der Waals surface area contributed by atoms with E-state index in [4.69, 9.17) is 0 Å². The van der Waals surface area contributed by atoms with Crippen LogP contribution in [0.1, 0.15) is 0 Å². The minimum absolute atomic E-state index is 0. The second-order valence-electron chi connectivity index (χ2n) is 5.45. The van der Waals surface area contributed by atoms with E-state index in [-0.39, 0.29) is 12.4 Å². The van der Waals surface area contributed by atoms with Crippen LogP contribution >= 0.6 is 0 Å². The second-order valence-corrected chi connectivity index (χ2v) is 5.45. The maximum Gasteiger partial charge on any atom is 0.387 e. The summed E-state index contributed by atoms with van der Waals surface area (Å²) in [6.45, 7) is 0. The third-order valence-electron chi connectivity index (χ3n) is 3.62. The molecule has 0 spiro atoms. The summed E-state index contributed by atoms with van der Waals surface area (Å²) < 4.78 is -2.15. The predicted molar refractivity (Wildman–Crippen MR) is 59.8 cm³/mol. The number of hydroxylamine groups is 3. The lowest BCUT2D eigenvalue weighted by Gasteiger charge is -2.55. The highest BCUT2D eigenvalue weighted by Gasteiger charge is 2.86. The molecule has 1 aliphatic carbocycles. The lowest BCUT2D eigenvalue weighted by Crippen LogP contribution is -3.00. The van der Waals surface area contributed by atoms with Crippen LogP contribution in [-0.2, 0) is 0 Å². The van der Waals surface area contributed by atoms with E-state index < -0.39 is 45.0 Å². The summed E-state index contributed by atoms with van der Waals surface area (Å²) in [5.41, 5.74) is -4.42. The number of rotatable bonds is 2. The minimum atomic E-state index is -4.72. The van der Waals surface area contributed by atoms with Crippen molar-refractivity contribution < 1.29 is 78.4 Å². The lowest BCUT2D eigenvalue weighted by molar-refractivity contribution is -1.15. The molecule has 13 nitrogen and oxygen atoms in total. The first-order valence-electron chi connectivity index (χ1n) is 5.53. The van der Waals surface area contributed by atoms with Gasteiger partial charge in [0.25, 0.3) is 23.0 Å². The maximum absolute atomic E-state index is 10.1. The molecule has 0 radical (unpaired) electrons. The number of halogens is 1. The first-order chi connectivity index (χ1) is 9.32. The van der Waals surface area contributed by atoms with E-state index in [0.29, 0.717) is 14.1 Å². The van der Waals surface area contributed by atoms with Gasteiger partial charge in [-0.25, -0.2) is 5.21 Å². The van der Waals surface area contributed by atoms with E-state index in [9.17, 15) is 61.4 Å². The molecular formula is C9H18ClNO12. The summed E-state index contributed by atoms with van der Waals surface area (Å²) in [7, 11) is 1.07. The topological polar surface area (TPSA) is 243 Å². The van der Waals surface area contributed by atoms with Gasteiger partial charge < -0.3 is 68.6 Å². The normalized spacial score (nSPS) is 29.9. The van der Waals surface area contributed by atoms with Gasteiger partial charge in [0.05, 0.1) is 0 Å². The molecule has 0 aromatic heterocycles. The second kappa shape index (κ2) is 5.09. The Balaban J connectivity index is 0.00000484. The van der Waals surface area contributed by atoms with Crippen molar-refractivity contribution in [2.75, 3.05) is 14.1 Å². The number of aliphatic hydroxyl groups is 11. The van der Waals surface area contributed by atoms with Crippen LogP contribution in [0.15, 0.2) is 11.5 Å². The van der Waals surface area contributed by atoms with E-state index in [1.807, 2.05) is 0 Å². The quantitative estimate of drug-likeness (QED) is 0.124. The molecule has 14 heteroatoms. The van der Waals surface area contributed by atoms with Crippen molar-refractivity contribution in [2.45, 2.75) is 28.9 Å². The standard InChI is InChI=1S/C9H17NO12.ClH/c1-10(2,22)9(20,21)5(13)3(11)4(12)6(14,15)8(18,19)7(5,16)17;/h13-22H,1-2H3,(H-,11,12);1H. The Labute approximate surface area is 134 Å². The van der Waals surface area contributed by atoms with Gasteiger partial charge in [0.1, 0.15) is 14.1 Å². The van der Waals surface area contributed by atoms with Crippen LogP contribution in [0.5, 0.6) is 0 Å². The van der Waals surface area contributed by atoms with Crippen LogP contribution in [0, 0.1) is 0 Å². The Kier molecular flexibility index (Phi) is 4.91. The van der Waals surface area contributed by atoms with Crippen LogP contribution in [0.25, 0.3) is 0 Å². The van der Waals surface area contributed by atoms with Gasteiger partial charge in [0.15, 0.2) is 11.5 Å². The molecule has 0 amide bonds. The van der Waals surface area contributed by atoms with Crippen molar-refractivity contribution in [2.24, 2.45) is 0 Å². The molecule has 23 heavy (non-hydrogen) atoms. The zero-order valence-electron chi connectivity index (χ0n) is 11.7. The maximum atomic E-state index is 10.1. The molecule has 1 unspecified atom stereocenters. The molecule has 1 rings (SSSR count). The van der Waals surface area contributed by atoms with Gasteiger partial charge in [-0.1, -0.05) is 0 Å². The highest BCUT2D eigenvalue weighted by atomic mass is 35.5. The number of hydrogen-bond acceptors (Lipinski definition) is 12. The van der Waals surface area contributed by atoms with Crippen molar-refractivity contribution in [1.29, 1.82) is 0 Å². The molecule has 1 aliphatic rings. The molecule has 0 fully saturated rings. The molecular weight excluding hydrogens is 350 g/mol. The highest BCUT2D eigenvalue weighted by Crippen LogP contribution is 2.51. The van der Waals surface area contributed by atoms with Crippen molar-refractivity contribution in [1.82, 2.24) is 0 Å². The lowest BCUT2D eigenvalue weighted by atomic mass is 9.71. The van der Waals surface area contributed by atoms with Crippen LogP contribution in [0.2, 0.25) is 0 Å². The fraction of sp³-hybridized carbons (Fsp3) is 0.778. The van der Waals surface area contributed by atoms with E-state index in [2.05, 4.69) is 0 Å². The molecule has 0 bridgehead atoms. The zero-order valence-corrected chi connectivity index (χ0v) is 12.4. The number of nitrogens with zero attached hydrogens (tertiary/aromatic N) is 1. The average Bonchev–Trinajstić information content (AvgIpc) is 2.32. The largest absolute Gasteiger partial charge is 1.00 e. The average molecular weight is 368 g/mol. The number of quaternary nitrogens is 1. The van der Waals surface area contributed by atoms with E-state index in [0.717, 1.165) is 0 Å². The first kappa shape index (κ1) is 22.2. The third-order valence-corrected chi connectivity index (χ3v) is 3.62. The van der Waals surface area contributed by atoms with E-state index >= 15 is 0 Å². The summed E-state index contributed by atoms with van der Waals surface area (Å²) in [5.74, 6) is -22.4. The Morgan fingerprint density at radius 3 is 1.43 bits per heavy atom. The zero-order chi connectivity index (χ0) is 18.2. The predicted octanol–water partition coefficient (Wildman–Crippen LogP) is -8.79. The molecule has 1 atom stereocenters. The molecule has 0 aromatic carbocycles. The van der Waals surface area contributed by atoms with E-state index in [1.54, 1.807) is 0 Å². The van der Waals surface area contributed by atoms with Crippen LogP contribution in [0.3, 0.4) is 0 Å². The third kappa shape index (κ3) is 2.15. The smallest absolute Gasteiger partial charge is 0.387 e. The number of aliphatic hydroxyl groups excluding tert-OH is 2. The summed E-state index contributed by atoms with van der Waals surface area (Å²) in [5, 5.41) is 115. The molecule has 0 saturated carbocycles. The van der Waals surface area contributed by atoms with Gasteiger partial charge in [-0.3, -0.25) is 0 Å². The Morgan fingerprint density at radius 1 is 0.783 bits per heavy atom. The van der Waals surface area contributed by atoms with Gasteiger partial charge >= 0.3 is 5.91 Å². The summed E-state index contributed by atoms with van der Waals surface area (Å²) in [6, 6.07) is 0. The molecule has 0 heterocycles. The first-order valence-corrected chi connectivity index (χ1v) is 5.53. The fourth-order valence-corrected chi connectivity index (χ4v) is 1.95. The Bertz CT molecular complexity index is 521. The van der Waals surface area contributed by atoms with Crippen LogP contribution in [-0.4, -0.2) is 109 Å². The number of hydrogen-bond donors (Lipinski definition) is 12. The summed E-state index contributed by atoms with van der Waals surface area (Å²) >= 11 is 0. The number of likely N-dealkylation sites (N-methyl/N-ethyl adjacent to an activating group) is 1. The Hall–Kier alpha value is -0.810. The van der Waals surface area contributed by atoms with Crippen molar-refractivity contribution in [3.63, 3.8) is 0 Å². The summed E-state index contributed by atoms with van der Waals surface area (Å²) in [6.07, 6.45) is 0. The van der Waals surface area contributed by atoms with Crippen molar-refractivity contribution in [3.05, 3.63) is 11.5 Å². The van der Waals surface area contributed by atoms with Crippen molar-refractivity contribution >= 4 is 0 Å². The minimum Gasteiger partial charge on any atom is -1.00 e. The van der Waals surface area contributed by atoms with Gasteiger partial charge in [0, 0.05) is 0 Å². The molecule has 12 N–H and O–H groups in total. The SMILES string of the molecule is C[N+](C)(O)C(O)(O)C1(O)C(O)=C(O)C(O)(O)C(O)(O)C1(O)O.[Cl-]. The Morgan fingerprint density at radius 2 is 1.13 bits per heavy atom. The summed E-state index contributed by atoms with van der Waals surface area (Å²) in [4.78, 5) is 0. The van der Waals surface area contributed by atoms with E-state index in [1.165, 1.54) is 0 Å². The van der Waals surface area contributed by atoms with Gasteiger partial charge in [-0.05, 0) is 0 Å². The van der Waals surface area contributed by atoms with Gasteiger partial charge in [0.2, 0.25) is 0 Å². The molecule has 0 saturated heterocycles. The van der Waals surface area contributed by atoms with Crippen molar-refractivity contribution in [3.8, 4) is 0 Å². The monoisotopic (exact) mass is 367 g/mol. The van der Waals surface area contributed by atoms with Gasteiger partial charge in [-0.2, -0.15) is 0 Å². The van der Waals surface area contributed by atoms with Gasteiger partial charge in [-0.15, -0.1) is 4.65 Å². The fourth-order valence-electron chi connectivity index (χ4n) is 1.95.